The zero-order valence-corrected chi connectivity index (χ0v) is 12.3. The summed E-state index contributed by atoms with van der Waals surface area (Å²) in [6, 6.07) is 2.28. The average Bonchev–Trinajstić information content (AvgIpc) is 3.09. The van der Waals surface area contributed by atoms with Crippen molar-refractivity contribution in [2.24, 2.45) is 5.92 Å². The SMILES string of the molecule is CC(C)C1CCCN1c1nc(Cl)nc(-n2cccn2)n1. The van der Waals surface area contributed by atoms with Crippen LogP contribution in [0.15, 0.2) is 18.5 Å². The molecule has 0 saturated carbocycles. The van der Waals surface area contributed by atoms with Crippen LogP contribution in [0.25, 0.3) is 5.95 Å². The third kappa shape index (κ3) is 2.47. The molecule has 20 heavy (non-hydrogen) atoms. The van der Waals surface area contributed by atoms with Crippen molar-refractivity contribution in [3.8, 4) is 5.95 Å². The molecule has 2 aromatic rings. The van der Waals surface area contributed by atoms with Gasteiger partial charge in [0.2, 0.25) is 11.2 Å². The van der Waals surface area contributed by atoms with E-state index in [0.29, 0.717) is 23.9 Å². The Morgan fingerprint density at radius 1 is 1.25 bits per heavy atom. The standard InChI is InChI=1S/C13H17ClN6/c1-9(2)10-5-3-7-19(10)12-16-11(14)17-13(18-12)20-8-4-6-15-20/h4,6,8-10H,3,5,7H2,1-2H3. The van der Waals surface area contributed by atoms with E-state index < -0.39 is 0 Å². The highest BCUT2D eigenvalue weighted by Crippen LogP contribution is 2.28. The number of rotatable bonds is 3. The van der Waals surface area contributed by atoms with Crippen molar-refractivity contribution >= 4 is 17.5 Å². The van der Waals surface area contributed by atoms with Crippen molar-refractivity contribution in [1.82, 2.24) is 24.7 Å². The molecule has 3 rings (SSSR count). The van der Waals surface area contributed by atoms with Gasteiger partial charge in [-0.25, -0.2) is 4.68 Å². The van der Waals surface area contributed by atoms with E-state index in [1.165, 1.54) is 0 Å². The van der Waals surface area contributed by atoms with Crippen molar-refractivity contribution < 1.29 is 0 Å². The van der Waals surface area contributed by atoms with Gasteiger partial charge in [-0.05, 0) is 36.4 Å². The van der Waals surface area contributed by atoms with Crippen LogP contribution in [-0.4, -0.2) is 37.3 Å². The molecular formula is C13H17ClN6. The molecule has 0 radical (unpaired) electrons. The smallest absolute Gasteiger partial charge is 0.256 e. The zero-order chi connectivity index (χ0) is 14.1. The largest absolute Gasteiger partial charge is 0.337 e. The minimum Gasteiger partial charge on any atom is -0.337 e. The Labute approximate surface area is 122 Å². The summed E-state index contributed by atoms with van der Waals surface area (Å²) in [5.41, 5.74) is 0. The van der Waals surface area contributed by atoms with Crippen molar-refractivity contribution in [3.63, 3.8) is 0 Å². The van der Waals surface area contributed by atoms with Gasteiger partial charge in [-0.3, -0.25) is 0 Å². The predicted octanol–water partition coefficient (Wildman–Crippen LogP) is 2.34. The molecule has 1 atom stereocenters. The van der Waals surface area contributed by atoms with E-state index in [-0.39, 0.29) is 5.28 Å². The monoisotopic (exact) mass is 292 g/mol. The number of hydrogen-bond acceptors (Lipinski definition) is 5. The second-order valence-corrected chi connectivity index (χ2v) is 5.64. The summed E-state index contributed by atoms with van der Waals surface area (Å²) in [6.45, 7) is 5.40. The Kier molecular flexibility index (Phi) is 3.56. The number of hydrogen-bond donors (Lipinski definition) is 0. The minimum absolute atomic E-state index is 0.204. The summed E-state index contributed by atoms with van der Waals surface area (Å²) in [7, 11) is 0. The number of anilines is 1. The number of aromatic nitrogens is 5. The molecule has 0 spiro atoms. The van der Waals surface area contributed by atoms with Gasteiger partial charge < -0.3 is 4.90 Å². The Balaban J connectivity index is 1.98. The molecule has 0 aliphatic carbocycles. The molecule has 1 aliphatic heterocycles. The fourth-order valence-corrected chi connectivity index (χ4v) is 2.83. The predicted molar refractivity (Wildman–Crippen MR) is 77.2 cm³/mol. The number of halogens is 1. The molecule has 0 N–H and O–H groups in total. The average molecular weight is 293 g/mol. The van der Waals surface area contributed by atoms with Gasteiger partial charge in [0.05, 0.1) is 0 Å². The molecule has 6 nitrogen and oxygen atoms in total. The molecule has 2 aromatic heterocycles. The van der Waals surface area contributed by atoms with E-state index in [0.717, 1.165) is 19.4 Å². The van der Waals surface area contributed by atoms with Gasteiger partial charge in [0.25, 0.3) is 5.95 Å². The molecule has 7 heteroatoms. The second-order valence-electron chi connectivity index (χ2n) is 5.30. The first kappa shape index (κ1) is 13.3. The van der Waals surface area contributed by atoms with Crippen molar-refractivity contribution in [2.75, 3.05) is 11.4 Å². The minimum atomic E-state index is 0.204. The Morgan fingerprint density at radius 2 is 2.05 bits per heavy atom. The first-order chi connectivity index (χ1) is 9.65. The molecule has 106 valence electrons. The van der Waals surface area contributed by atoms with Crippen LogP contribution >= 0.6 is 11.6 Å². The molecule has 0 bridgehead atoms. The summed E-state index contributed by atoms with van der Waals surface area (Å²) in [6.07, 6.45) is 5.80. The van der Waals surface area contributed by atoms with Gasteiger partial charge in [0.1, 0.15) is 0 Å². The van der Waals surface area contributed by atoms with Crippen LogP contribution < -0.4 is 4.90 Å². The van der Waals surface area contributed by atoms with E-state index in [2.05, 4.69) is 38.8 Å². The first-order valence-corrected chi connectivity index (χ1v) is 7.21. The third-order valence-electron chi connectivity index (χ3n) is 3.62. The lowest BCUT2D eigenvalue weighted by Crippen LogP contribution is -2.35. The van der Waals surface area contributed by atoms with Crippen LogP contribution in [-0.2, 0) is 0 Å². The van der Waals surface area contributed by atoms with Gasteiger partial charge in [0, 0.05) is 25.0 Å². The summed E-state index contributed by atoms with van der Waals surface area (Å²) in [4.78, 5) is 15.2. The van der Waals surface area contributed by atoms with Crippen molar-refractivity contribution in [3.05, 3.63) is 23.7 Å². The normalized spacial score (nSPS) is 19.0. The fraction of sp³-hybridized carbons (Fsp3) is 0.538. The van der Waals surface area contributed by atoms with Gasteiger partial charge in [-0.2, -0.15) is 20.1 Å². The van der Waals surface area contributed by atoms with Crippen molar-refractivity contribution in [1.29, 1.82) is 0 Å². The lowest BCUT2D eigenvalue weighted by atomic mass is 10.0. The van der Waals surface area contributed by atoms with Gasteiger partial charge in [-0.15, -0.1) is 0 Å². The molecule has 0 amide bonds. The lowest BCUT2D eigenvalue weighted by molar-refractivity contribution is 0.486. The molecule has 1 fully saturated rings. The highest BCUT2D eigenvalue weighted by atomic mass is 35.5. The van der Waals surface area contributed by atoms with Crippen molar-refractivity contribution in [2.45, 2.75) is 32.7 Å². The van der Waals surface area contributed by atoms with Crippen LogP contribution in [0.3, 0.4) is 0 Å². The second kappa shape index (κ2) is 5.36. The van der Waals surface area contributed by atoms with E-state index in [1.807, 2.05) is 6.07 Å². The van der Waals surface area contributed by atoms with Crippen LogP contribution in [0, 0.1) is 5.92 Å². The quantitative estimate of drug-likeness (QED) is 0.869. The Hall–Kier alpha value is -1.69. The van der Waals surface area contributed by atoms with E-state index in [4.69, 9.17) is 11.6 Å². The molecule has 1 aliphatic rings. The highest BCUT2D eigenvalue weighted by molar-refractivity contribution is 6.28. The maximum Gasteiger partial charge on any atom is 0.256 e. The van der Waals surface area contributed by atoms with E-state index >= 15 is 0 Å². The topological polar surface area (TPSA) is 59.7 Å². The summed E-state index contributed by atoms with van der Waals surface area (Å²) in [5.74, 6) is 1.66. The Bertz CT molecular complexity index is 583. The van der Waals surface area contributed by atoms with Gasteiger partial charge in [-0.1, -0.05) is 13.8 Å². The molecular weight excluding hydrogens is 276 g/mol. The van der Waals surface area contributed by atoms with Crippen LogP contribution in [0.4, 0.5) is 5.95 Å². The highest BCUT2D eigenvalue weighted by Gasteiger charge is 2.29. The van der Waals surface area contributed by atoms with Crippen LogP contribution in [0.5, 0.6) is 0 Å². The Morgan fingerprint density at radius 3 is 2.75 bits per heavy atom. The van der Waals surface area contributed by atoms with Crippen LogP contribution in [0.2, 0.25) is 5.28 Å². The maximum absolute atomic E-state index is 6.04. The molecule has 1 saturated heterocycles. The molecule has 0 aromatic carbocycles. The summed E-state index contributed by atoms with van der Waals surface area (Å²) < 4.78 is 1.59. The first-order valence-electron chi connectivity index (χ1n) is 6.83. The summed E-state index contributed by atoms with van der Waals surface area (Å²) in [5, 5.41) is 4.34. The van der Waals surface area contributed by atoms with Gasteiger partial charge >= 0.3 is 0 Å². The van der Waals surface area contributed by atoms with Gasteiger partial charge in [0.15, 0.2) is 0 Å². The molecule has 3 heterocycles. The lowest BCUT2D eigenvalue weighted by Gasteiger charge is -2.27. The maximum atomic E-state index is 6.04. The summed E-state index contributed by atoms with van der Waals surface area (Å²) >= 11 is 6.04. The third-order valence-corrected chi connectivity index (χ3v) is 3.79. The van der Waals surface area contributed by atoms with E-state index in [9.17, 15) is 0 Å². The fourth-order valence-electron chi connectivity index (χ4n) is 2.68. The van der Waals surface area contributed by atoms with Crippen LogP contribution in [0.1, 0.15) is 26.7 Å². The zero-order valence-electron chi connectivity index (χ0n) is 11.6. The molecule has 1 unspecified atom stereocenters. The van der Waals surface area contributed by atoms with E-state index in [1.54, 1.807) is 17.1 Å². The number of nitrogens with zero attached hydrogens (tertiary/aromatic N) is 6.